The van der Waals surface area contributed by atoms with Crippen molar-refractivity contribution in [3.05, 3.63) is 12.2 Å². The van der Waals surface area contributed by atoms with Crippen LogP contribution in [0.4, 0.5) is 4.79 Å². The van der Waals surface area contributed by atoms with Crippen LogP contribution in [0.2, 0.25) is 0 Å². The number of hydrogen-bond acceptors (Lipinski definition) is 2. The molecule has 2 unspecified atom stereocenters. The lowest BCUT2D eigenvalue weighted by molar-refractivity contribution is 0.177. The first kappa shape index (κ1) is 12.1. The van der Waals surface area contributed by atoms with E-state index in [1.807, 2.05) is 4.90 Å². The number of rotatable bonds is 3. The monoisotopic (exact) mass is 235 g/mol. The molecule has 0 spiro atoms. The zero-order valence-electron chi connectivity index (χ0n) is 10.6. The minimum absolute atomic E-state index is 0.0230. The zero-order valence-corrected chi connectivity index (χ0v) is 10.6. The number of carbonyl (C=O) groups excluding carboxylic acids is 1. The Balaban J connectivity index is 2.13. The molecule has 4 heteroatoms. The molecule has 0 radical (unpaired) electrons. The molecule has 94 valence electrons. The lowest BCUT2D eigenvalue weighted by Crippen LogP contribution is -2.47. The smallest absolute Gasteiger partial charge is 0.345 e. The number of allylic oxidation sites excluding steroid dienone is 2. The molecular weight excluding hydrogens is 214 g/mol. The first-order valence-corrected chi connectivity index (χ1v) is 6.39. The van der Waals surface area contributed by atoms with Gasteiger partial charge < -0.3 is 10.6 Å². The van der Waals surface area contributed by atoms with E-state index in [4.69, 9.17) is 5.73 Å². The van der Waals surface area contributed by atoms with E-state index in [-0.39, 0.29) is 12.1 Å². The third kappa shape index (κ3) is 2.51. The van der Waals surface area contributed by atoms with E-state index in [2.05, 4.69) is 31.0 Å². The fourth-order valence-corrected chi connectivity index (χ4v) is 2.70. The normalized spacial score (nSPS) is 29.0. The third-order valence-corrected chi connectivity index (χ3v) is 3.43. The topological polar surface area (TPSA) is 58.7 Å². The molecule has 2 aliphatic rings. The largest absolute Gasteiger partial charge is 0.385 e. The van der Waals surface area contributed by atoms with Crippen LogP contribution < -0.4 is 5.73 Å². The van der Waals surface area contributed by atoms with Gasteiger partial charge in [-0.25, -0.2) is 4.79 Å². The van der Waals surface area contributed by atoms with Gasteiger partial charge in [0.1, 0.15) is 5.84 Å². The van der Waals surface area contributed by atoms with Crippen molar-refractivity contribution in [3.63, 3.8) is 0 Å². The summed E-state index contributed by atoms with van der Waals surface area (Å²) in [5.41, 5.74) is 5.93. The fraction of sp³-hybridized carbons (Fsp3) is 0.692. The van der Waals surface area contributed by atoms with Crippen LogP contribution in [0.25, 0.3) is 0 Å². The Bertz CT molecular complexity index is 360. The second-order valence-electron chi connectivity index (χ2n) is 5.35. The van der Waals surface area contributed by atoms with Gasteiger partial charge in [0, 0.05) is 6.54 Å². The maximum Gasteiger partial charge on any atom is 0.345 e. The highest BCUT2D eigenvalue weighted by Gasteiger charge is 2.38. The predicted octanol–water partition coefficient (Wildman–Crippen LogP) is 2.16. The summed E-state index contributed by atoms with van der Waals surface area (Å²) in [4.78, 5) is 17.6. The number of aliphatic imine (C=N–C) groups is 1. The summed E-state index contributed by atoms with van der Waals surface area (Å²) in [6.45, 7) is 4.97. The second-order valence-corrected chi connectivity index (χ2v) is 5.35. The molecule has 0 aromatic heterocycles. The highest BCUT2D eigenvalue weighted by atomic mass is 16.2. The van der Waals surface area contributed by atoms with Crippen molar-refractivity contribution in [1.29, 1.82) is 0 Å². The molecule has 1 aliphatic heterocycles. The molecule has 2 N–H and O–H groups in total. The molecule has 0 bridgehead atoms. The molecule has 0 saturated carbocycles. The second kappa shape index (κ2) is 4.90. The number of amides is 2. The number of amidine groups is 1. The molecular formula is C13H21N3O. The SMILES string of the molecule is CC(C)CN1C(=O)N=C(N)C1C1CC=CCC1. The van der Waals surface area contributed by atoms with Crippen LogP contribution in [0.15, 0.2) is 17.1 Å². The Labute approximate surface area is 103 Å². The van der Waals surface area contributed by atoms with Crippen molar-refractivity contribution >= 4 is 11.9 Å². The van der Waals surface area contributed by atoms with Gasteiger partial charge in [0.05, 0.1) is 6.04 Å². The van der Waals surface area contributed by atoms with Crippen molar-refractivity contribution in [2.45, 2.75) is 39.2 Å². The van der Waals surface area contributed by atoms with Crippen LogP contribution >= 0.6 is 0 Å². The highest BCUT2D eigenvalue weighted by molar-refractivity contribution is 6.03. The van der Waals surface area contributed by atoms with Crippen molar-refractivity contribution in [1.82, 2.24) is 4.90 Å². The fourth-order valence-electron chi connectivity index (χ4n) is 2.70. The van der Waals surface area contributed by atoms with E-state index in [0.717, 1.165) is 25.8 Å². The first-order chi connectivity index (χ1) is 8.09. The van der Waals surface area contributed by atoms with Gasteiger partial charge in [-0.1, -0.05) is 26.0 Å². The maximum absolute atomic E-state index is 11.8. The van der Waals surface area contributed by atoms with Gasteiger partial charge in [-0.05, 0) is 31.1 Å². The van der Waals surface area contributed by atoms with Crippen LogP contribution in [-0.2, 0) is 0 Å². The van der Waals surface area contributed by atoms with E-state index in [1.165, 1.54) is 0 Å². The molecule has 17 heavy (non-hydrogen) atoms. The molecule has 0 saturated heterocycles. The summed E-state index contributed by atoms with van der Waals surface area (Å²) >= 11 is 0. The van der Waals surface area contributed by atoms with Crippen molar-refractivity contribution < 1.29 is 4.79 Å². The van der Waals surface area contributed by atoms with Gasteiger partial charge >= 0.3 is 6.03 Å². The summed E-state index contributed by atoms with van der Waals surface area (Å²) in [7, 11) is 0. The van der Waals surface area contributed by atoms with E-state index in [1.54, 1.807) is 0 Å². The molecule has 0 fully saturated rings. The molecule has 0 aromatic rings. The Morgan fingerprint density at radius 2 is 2.29 bits per heavy atom. The average Bonchev–Trinajstić information content (AvgIpc) is 2.54. The van der Waals surface area contributed by atoms with Gasteiger partial charge in [0.25, 0.3) is 0 Å². The van der Waals surface area contributed by atoms with Crippen LogP contribution in [0, 0.1) is 11.8 Å². The number of nitrogens with zero attached hydrogens (tertiary/aromatic N) is 2. The summed E-state index contributed by atoms with van der Waals surface area (Å²) in [5, 5.41) is 0. The Hall–Kier alpha value is -1.32. The van der Waals surface area contributed by atoms with Crippen LogP contribution in [0.1, 0.15) is 33.1 Å². The van der Waals surface area contributed by atoms with Crippen LogP contribution in [0.5, 0.6) is 0 Å². The third-order valence-electron chi connectivity index (χ3n) is 3.43. The lowest BCUT2D eigenvalue weighted by atomic mass is 9.86. The summed E-state index contributed by atoms with van der Waals surface area (Å²) < 4.78 is 0. The molecule has 2 rings (SSSR count). The van der Waals surface area contributed by atoms with Crippen molar-refractivity contribution in [2.24, 2.45) is 22.6 Å². The number of urea groups is 1. The lowest BCUT2D eigenvalue weighted by Gasteiger charge is -2.32. The molecule has 2 atom stereocenters. The van der Waals surface area contributed by atoms with E-state index in [9.17, 15) is 4.79 Å². The Morgan fingerprint density at radius 3 is 2.88 bits per heavy atom. The van der Waals surface area contributed by atoms with Gasteiger partial charge in [-0.2, -0.15) is 4.99 Å². The predicted molar refractivity (Wildman–Crippen MR) is 68.8 cm³/mol. The maximum atomic E-state index is 11.8. The van der Waals surface area contributed by atoms with E-state index < -0.39 is 0 Å². The minimum atomic E-state index is -0.157. The molecule has 1 heterocycles. The van der Waals surface area contributed by atoms with Gasteiger partial charge in [-0.3, -0.25) is 0 Å². The summed E-state index contributed by atoms with van der Waals surface area (Å²) in [6, 6.07) is -0.134. The minimum Gasteiger partial charge on any atom is -0.385 e. The number of nitrogens with two attached hydrogens (primary N) is 1. The van der Waals surface area contributed by atoms with Gasteiger partial charge in [0.2, 0.25) is 0 Å². The first-order valence-electron chi connectivity index (χ1n) is 6.39. The Morgan fingerprint density at radius 1 is 1.53 bits per heavy atom. The summed E-state index contributed by atoms with van der Waals surface area (Å²) in [6.07, 6.45) is 7.57. The number of hydrogen-bond donors (Lipinski definition) is 1. The van der Waals surface area contributed by atoms with Crippen LogP contribution in [0.3, 0.4) is 0 Å². The van der Waals surface area contributed by atoms with Gasteiger partial charge in [-0.15, -0.1) is 0 Å². The molecule has 2 amide bonds. The average molecular weight is 235 g/mol. The molecule has 1 aliphatic carbocycles. The Kier molecular flexibility index (Phi) is 3.50. The summed E-state index contributed by atoms with van der Waals surface area (Å²) in [5.74, 6) is 1.39. The number of carbonyl (C=O) groups is 1. The van der Waals surface area contributed by atoms with Crippen molar-refractivity contribution in [3.8, 4) is 0 Å². The van der Waals surface area contributed by atoms with Crippen molar-refractivity contribution in [2.75, 3.05) is 6.54 Å². The molecule has 0 aromatic carbocycles. The van der Waals surface area contributed by atoms with E-state index in [0.29, 0.717) is 17.7 Å². The quantitative estimate of drug-likeness (QED) is 0.762. The van der Waals surface area contributed by atoms with E-state index >= 15 is 0 Å². The molecule has 4 nitrogen and oxygen atoms in total. The zero-order chi connectivity index (χ0) is 12.4. The highest BCUT2D eigenvalue weighted by Crippen LogP contribution is 2.29. The standard InChI is InChI=1S/C13H21N3O/c1-9(2)8-16-11(12(14)15-13(16)17)10-6-4-3-5-7-10/h3-4,9-11H,5-8H2,1-2H3,(H2,14,15,17). The van der Waals surface area contributed by atoms with Crippen LogP contribution in [-0.4, -0.2) is 29.4 Å². The van der Waals surface area contributed by atoms with Gasteiger partial charge in [0.15, 0.2) is 0 Å².